The molecule has 0 N–H and O–H groups in total. The van der Waals surface area contributed by atoms with E-state index in [9.17, 15) is 0 Å². The number of unbranched alkanes of at least 4 members (excludes halogenated alkanes) is 2. The third-order valence-electron chi connectivity index (χ3n) is 3.24. The Labute approximate surface area is 106 Å². The molecule has 1 aromatic rings. The second-order valence-electron chi connectivity index (χ2n) is 4.68. The van der Waals surface area contributed by atoms with Crippen LogP contribution in [0.2, 0.25) is 0 Å². The van der Waals surface area contributed by atoms with Crippen LogP contribution < -0.4 is 0 Å². The highest BCUT2D eigenvalue weighted by atomic mass is 15.1. The molecule has 1 unspecified atom stereocenters. The lowest BCUT2D eigenvalue weighted by Crippen LogP contribution is -2.32. The Hall–Kier alpha value is -1.08. The van der Waals surface area contributed by atoms with Crippen LogP contribution in [0.15, 0.2) is 43.0 Å². The van der Waals surface area contributed by atoms with Crippen molar-refractivity contribution in [1.82, 2.24) is 4.90 Å². The third kappa shape index (κ3) is 5.18. The van der Waals surface area contributed by atoms with Crippen LogP contribution in [0.25, 0.3) is 0 Å². The van der Waals surface area contributed by atoms with E-state index < -0.39 is 0 Å². The zero-order valence-corrected chi connectivity index (χ0v) is 11.2. The van der Waals surface area contributed by atoms with E-state index in [4.69, 9.17) is 0 Å². The van der Waals surface area contributed by atoms with Gasteiger partial charge in [-0.15, -0.1) is 6.58 Å². The Morgan fingerprint density at radius 3 is 2.53 bits per heavy atom. The maximum atomic E-state index is 3.96. The maximum Gasteiger partial charge on any atom is 0.0312 e. The highest BCUT2D eigenvalue weighted by Gasteiger charge is 2.10. The molecule has 1 rings (SSSR count). The minimum absolute atomic E-state index is 0.453. The lowest BCUT2D eigenvalue weighted by molar-refractivity contribution is 0.274. The van der Waals surface area contributed by atoms with E-state index in [1.165, 1.54) is 24.8 Å². The number of hydrogen-bond donors (Lipinski definition) is 0. The minimum atomic E-state index is 0.453. The van der Waals surface area contributed by atoms with Gasteiger partial charge in [0.2, 0.25) is 0 Å². The van der Waals surface area contributed by atoms with Gasteiger partial charge < -0.3 is 0 Å². The number of rotatable bonds is 8. The Balaban J connectivity index is 2.45. The molecule has 0 spiro atoms. The molecule has 0 aliphatic heterocycles. The fraction of sp³-hybridized carbons (Fsp3) is 0.500. The van der Waals surface area contributed by atoms with Gasteiger partial charge in [-0.05, 0) is 32.0 Å². The number of nitrogens with zero attached hydrogens (tertiary/aromatic N) is 1. The van der Waals surface area contributed by atoms with Gasteiger partial charge in [0.15, 0.2) is 0 Å². The molecule has 0 radical (unpaired) electrons. The lowest BCUT2D eigenvalue weighted by atomic mass is 10.0. The molecule has 0 aromatic heterocycles. The predicted molar refractivity (Wildman–Crippen MR) is 76.3 cm³/mol. The molecule has 0 fully saturated rings. The van der Waals surface area contributed by atoms with Crippen molar-refractivity contribution in [2.75, 3.05) is 13.6 Å². The van der Waals surface area contributed by atoms with Crippen molar-refractivity contribution in [2.24, 2.45) is 0 Å². The molecular weight excluding hydrogens is 206 g/mol. The Kier molecular flexibility index (Phi) is 6.64. The zero-order chi connectivity index (χ0) is 12.5. The molecular formula is C16H25N. The summed E-state index contributed by atoms with van der Waals surface area (Å²) in [5, 5.41) is 0. The molecule has 1 heteroatoms. The molecule has 0 heterocycles. The maximum absolute atomic E-state index is 3.96. The summed E-state index contributed by atoms with van der Waals surface area (Å²) in [5.74, 6) is 0. The largest absolute Gasteiger partial charge is 0.300 e. The fourth-order valence-corrected chi connectivity index (χ4v) is 2.05. The third-order valence-corrected chi connectivity index (χ3v) is 3.24. The van der Waals surface area contributed by atoms with Crippen molar-refractivity contribution in [2.45, 2.75) is 38.6 Å². The van der Waals surface area contributed by atoms with E-state index in [1.807, 2.05) is 0 Å². The Morgan fingerprint density at radius 2 is 1.94 bits per heavy atom. The molecule has 94 valence electrons. The highest BCUT2D eigenvalue weighted by Crippen LogP contribution is 2.09. The van der Waals surface area contributed by atoms with Crippen LogP contribution in [0.5, 0.6) is 0 Å². The van der Waals surface area contributed by atoms with Gasteiger partial charge in [-0.3, -0.25) is 4.90 Å². The summed E-state index contributed by atoms with van der Waals surface area (Å²) in [6.45, 7) is 7.37. The first-order chi connectivity index (χ1) is 8.27. The van der Waals surface area contributed by atoms with Crippen LogP contribution >= 0.6 is 0 Å². The van der Waals surface area contributed by atoms with Crippen molar-refractivity contribution >= 4 is 0 Å². The van der Waals surface area contributed by atoms with Crippen LogP contribution in [0.4, 0.5) is 0 Å². The number of hydrogen-bond acceptors (Lipinski definition) is 1. The Morgan fingerprint density at radius 1 is 1.24 bits per heavy atom. The molecule has 17 heavy (non-hydrogen) atoms. The van der Waals surface area contributed by atoms with Crippen molar-refractivity contribution in [3.8, 4) is 0 Å². The number of likely N-dealkylation sites (N-methyl/N-ethyl adjacent to an activating group) is 1. The average Bonchev–Trinajstić information content (AvgIpc) is 2.37. The normalized spacial score (nSPS) is 12.6. The molecule has 0 aliphatic carbocycles. The summed E-state index contributed by atoms with van der Waals surface area (Å²) in [6, 6.07) is 11.1. The molecule has 1 nitrogen and oxygen atoms in total. The minimum Gasteiger partial charge on any atom is -0.300 e. The second kappa shape index (κ2) is 8.08. The van der Waals surface area contributed by atoms with Crippen LogP contribution in [0, 0.1) is 0 Å². The van der Waals surface area contributed by atoms with Gasteiger partial charge in [0.05, 0.1) is 0 Å². The van der Waals surface area contributed by atoms with Crippen LogP contribution in [0.3, 0.4) is 0 Å². The summed E-state index contributed by atoms with van der Waals surface area (Å²) in [7, 11) is 2.20. The van der Waals surface area contributed by atoms with Crippen molar-refractivity contribution in [1.29, 1.82) is 0 Å². The smallest absolute Gasteiger partial charge is 0.0312 e. The lowest BCUT2D eigenvalue weighted by Gasteiger charge is -2.25. The molecule has 0 saturated heterocycles. The topological polar surface area (TPSA) is 3.24 Å². The van der Waals surface area contributed by atoms with E-state index >= 15 is 0 Å². The van der Waals surface area contributed by atoms with Crippen LogP contribution in [-0.4, -0.2) is 24.5 Å². The summed E-state index contributed by atoms with van der Waals surface area (Å²) < 4.78 is 0. The van der Waals surface area contributed by atoms with Crippen molar-refractivity contribution in [3.63, 3.8) is 0 Å². The van der Waals surface area contributed by atoms with Crippen LogP contribution in [0.1, 0.15) is 31.7 Å². The number of benzene rings is 1. The van der Waals surface area contributed by atoms with Crippen LogP contribution in [-0.2, 0) is 6.42 Å². The molecule has 0 saturated carbocycles. The average molecular weight is 231 g/mol. The van der Waals surface area contributed by atoms with Gasteiger partial charge >= 0.3 is 0 Å². The van der Waals surface area contributed by atoms with Gasteiger partial charge in [0, 0.05) is 6.04 Å². The SMILES string of the molecule is C=CC(Cc1ccccc1)N(C)CCCCC. The first-order valence-electron chi connectivity index (χ1n) is 6.64. The molecule has 1 aromatic carbocycles. The molecule has 0 amide bonds. The summed E-state index contributed by atoms with van der Waals surface area (Å²) >= 11 is 0. The zero-order valence-electron chi connectivity index (χ0n) is 11.2. The van der Waals surface area contributed by atoms with Gasteiger partial charge in [0.1, 0.15) is 0 Å². The standard InChI is InChI=1S/C16H25N/c1-4-6-10-13-17(3)16(5-2)14-15-11-8-7-9-12-15/h5,7-9,11-12,16H,2,4,6,10,13-14H2,1,3H3. The molecule has 0 aliphatic rings. The highest BCUT2D eigenvalue weighted by molar-refractivity contribution is 5.17. The van der Waals surface area contributed by atoms with Crippen molar-refractivity contribution < 1.29 is 0 Å². The molecule has 0 bridgehead atoms. The summed E-state index contributed by atoms with van der Waals surface area (Å²) in [4.78, 5) is 2.41. The summed E-state index contributed by atoms with van der Waals surface area (Å²) in [6.07, 6.45) is 7.02. The van der Waals surface area contributed by atoms with Gasteiger partial charge in [-0.25, -0.2) is 0 Å². The first-order valence-corrected chi connectivity index (χ1v) is 6.64. The van der Waals surface area contributed by atoms with E-state index in [1.54, 1.807) is 0 Å². The van der Waals surface area contributed by atoms with Gasteiger partial charge in [-0.2, -0.15) is 0 Å². The second-order valence-corrected chi connectivity index (χ2v) is 4.68. The monoisotopic (exact) mass is 231 g/mol. The van der Waals surface area contributed by atoms with Gasteiger partial charge in [-0.1, -0.05) is 56.2 Å². The Bertz CT molecular complexity index is 305. The van der Waals surface area contributed by atoms with E-state index in [0.717, 1.165) is 13.0 Å². The van der Waals surface area contributed by atoms with E-state index in [0.29, 0.717) is 6.04 Å². The fourth-order valence-electron chi connectivity index (χ4n) is 2.05. The van der Waals surface area contributed by atoms with E-state index in [2.05, 4.69) is 61.9 Å². The van der Waals surface area contributed by atoms with Crippen molar-refractivity contribution in [3.05, 3.63) is 48.6 Å². The van der Waals surface area contributed by atoms with Gasteiger partial charge in [0.25, 0.3) is 0 Å². The summed E-state index contributed by atoms with van der Waals surface area (Å²) in [5.41, 5.74) is 1.39. The predicted octanol–water partition coefficient (Wildman–Crippen LogP) is 3.91. The first kappa shape index (κ1) is 14.0. The molecule has 1 atom stereocenters. The quantitative estimate of drug-likeness (QED) is 0.484. The van der Waals surface area contributed by atoms with E-state index in [-0.39, 0.29) is 0 Å².